The van der Waals surface area contributed by atoms with Crippen molar-refractivity contribution in [2.75, 3.05) is 6.54 Å². The van der Waals surface area contributed by atoms with Crippen LogP contribution in [0.1, 0.15) is 31.7 Å². The number of benzene rings is 1. The van der Waals surface area contributed by atoms with E-state index in [0.29, 0.717) is 19.4 Å². The standard InChI is InChI=1S/C19H25N3O6/c1-12(17(24)22-9-5-8-15(22)19(27)28)21-14(18(25)26)10-16(23)20-11-13-6-3-2-4-7-13/h2-4,6-7,12,14-15,21H,5,8-11H2,1H3,(H,20,23)(H,25,26)(H,27,28)/t12-,14?,15-/m0/s1. The van der Waals surface area contributed by atoms with Crippen molar-refractivity contribution in [3.05, 3.63) is 35.9 Å². The van der Waals surface area contributed by atoms with Gasteiger partial charge in [-0.1, -0.05) is 30.3 Å². The number of carboxylic acid groups (broad SMARTS) is 2. The molecule has 4 N–H and O–H groups in total. The lowest BCUT2D eigenvalue weighted by Gasteiger charge is -2.27. The fraction of sp³-hybridized carbons (Fsp3) is 0.474. The number of hydrogen-bond donors (Lipinski definition) is 4. The number of carbonyl (C=O) groups excluding carboxylic acids is 2. The Kier molecular flexibility index (Phi) is 7.51. The summed E-state index contributed by atoms with van der Waals surface area (Å²) in [6.45, 7) is 2.06. The van der Waals surface area contributed by atoms with Crippen LogP contribution in [0.3, 0.4) is 0 Å². The predicted octanol–water partition coefficient (Wildman–Crippen LogP) is 0.200. The van der Waals surface area contributed by atoms with Crippen molar-refractivity contribution < 1.29 is 29.4 Å². The summed E-state index contributed by atoms with van der Waals surface area (Å²) in [5.74, 6) is -3.28. The smallest absolute Gasteiger partial charge is 0.326 e. The Balaban J connectivity index is 1.90. The number of likely N-dealkylation sites (tertiary alicyclic amines) is 1. The zero-order chi connectivity index (χ0) is 20.7. The van der Waals surface area contributed by atoms with Crippen LogP contribution in [0.4, 0.5) is 0 Å². The Bertz CT molecular complexity index is 724. The molecule has 0 bridgehead atoms. The maximum atomic E-state index is 12.5. The molecule has 9 heteroatoms. The molecule has 2 amide bonds. The van der Waals surface area contributed by atoms with Crippen LogP contribution in [0.5, 0.6) is 0 Å². The number of nitrogens with zero attached hydrogens (tertiary/aromatic N) is 1. The summed E-state index contributed by atoms with van der Waals surface area (Å²) >= 11 is 0. The van der Waals surface area contributed by atoms with E-state index < -0.39 is 41.9 Å². The van der Waals surface area contributed by atoms with Gasteiger partial charge in [0.15, 0.2) is 0 Å². The molecule has 1 aliphatic heterocycles. The molecule has 9 nitrogen and oxygen atoms in total. The molecule has 1 aliphatic rings. The number of hydrogen-bond acceptors (Lipinski definition) is 5. The van der Waals surface area contributed by atoms with Gasteiger partial charge in [0.1, 0.15) is 12.1 Å². The maximum Gasteiger partial charge on any atom is 0.326 e. The van der Waals surface area contributed by atoms with E-state index in [-0.39, 0.29) is 13.0 Å². The lowest BCUT2D eigenvalue weighted by Crippen LogP contribution is -2.53. The van der Waals surface area contributed by atoms with Gasteiger partial charge in [0.2, 0.25) is 11.8 Å². The van der Waals surface area contributed by atoms with Gasteiger partial charge in [-0.05, 0) is 25.3 Å². The minimum absolute atomic E-state index is 0.272. The summed E-state index contributed by atoms with van der Waals surface area (Å²) in [4.78, 5) is 48.6. The molecule has 1 aromatic carbocycles. The zero-order valence-electron chi connectivity index (χ0n) is 15.6. The Labute approximate surface area is 162 Å². The van der Waals surface area contributed by atoms with Gasteiger partial charge in [-0.15, -0.1) is 0 Å². The highest BCUT2D eigenvalue weighted by Crippen LogP contribution is 2.18. The molecule has 1 saturated heterocycles. The molecule has 1 aromatic rings. The van der Waals surface area contributed by atoms with Crippen LogP contribution in [0.2, 0.25) is 0 Å². The average molecular weight is 391 g/mol. The summed E-state index contributed by atoms with van der Waals surface area (Å²) in [5.41, 5.74) is 0.882. The maximum absolute atomic E-state index is 12.5. The van der Waals surface area contributed by atoms with Gasteiger partial charge in [-0.3, -0.25) is 19.7 Å². The van der Waals surface area contributed by atoms with Crippen molar-refractivity contribution in [2.45, 2.75) is 50.9 Å². The predicted molar refractivity (Wildman–Crippen MR) is 99.3 cm³/mol. The van der Waals surface area contributed by atoms with E-state index in [0.717, 1.165) is 5.56 Å². The molecule has 2 rings (SSSR count). The van der Waals surface area contributed by atoms with Crippen LogP contribution in [-0.4, -0.2) is 63.5 Å². The second-order valence-electron chi connectivity index (χ2n) is 6.77. The second-order valence-corrected chi connectivity index (χ2v) is 6.77. The van der Waals surface area contributed by atoms with Crippen LogP contribution >= 0.6 is 0 Å². The van der Waals surface area contributed by atoms with Gasteiger partial charge in [0.25, 0.3) is 0 Å². The van der Waals surface area contributed by atoms with Crippen molar-refractivity contribution in [1.29, 1.82) is 0 Å². The third kappa shape index (κ3) is 5.78. The molecule has 1 unspecified atom stereocenters. The zero-order valence-corrected chi connectivity index (χ0v) is 15.6. The van der Waals surface area contributed by atoms with Crippen molar-refractivity contribution >= 4 is 23.8 Å². The van der Waals surface area contributed by atoms with Crippen LogP contribution < -0.4 is 10.6 Å². The summed E-state index contributed by atoms with van der Waals surface area (Å²) < 4.78 is 0. The molecule has 3 atom stereocenters. The molecule has 152 valence electrons. The lowest BCUT2D eigenvalue weighted by molar-refractivity contribution is -0.149. The fourth-order valence-electron chi connectivity index (χ4n) is 3.18. The number of carboxylic acids is 2. The lowest BCUT2D eigenvalue weighted by atomic mass is 10.1. The number of carbonyl (C=O) groups is 4. The average Bonchev–Trinajstić information content (AvgIpc) is 3.16. The molecule has 0 aromatic heterocycles. The molecule has 0 radical (unpaired) electrons. The first-order chi connectivity index (χ1) is 13.3. The molecule has 28 heavy (non-hydrogen) atoms. The van der Waals surface area contributed by atoms with Gasteiger partial charge in [-0.2, -0.15) is 0 Å². The minimum atomic E-state index is -1.26. The molecular weight excluding hydrogens is 366 g/mol. The normalized spacial score (nSPS) is 18.3. The topological polar surface area (TPSA) is 136 Å². The molecule has 0 spiro atoms. The van der Waals surface area contributed by atoms with Crippen molar-refractivity contribution in [3.8, 4) is 0 Å². The van der Waals surface area contributed by atoms with Gasteiger partial charge < -0.3 is 20.4 Å². The molecule has 1 fully saturated rings. The fourth-order valence-corrected chi connectivity index (χ4v) is 3.18. The number of nitrogens with one attached hydrogen (secondary N) is 2. The third-order valence-electron chi connectivity index (χ3n) is 4.66. The molecule has 1 heterocycles. The van der Waals surface area contributed by atoms with E-state index in [2.05, 4.69) is 10.6 Å². The SMILES string of the molecule is C[C@H](NC(CC(=O)NCc1ccccc1)C(=O)O)C(=O)N1CCC[C@H]1C(=O)O. The first-order valence-electron chi connectivity index (χ1n) is 9.12. The Morgan fingerprint density at radius 3 is 2.46 bits per heavy atom. The number of amides is 2. The van der Waals surface area contributed by atoms with Crippen LogP contribution in [0, 0.1) is 0 Å². The second kappa shape index (κ2) is 9.84. The highest BCUT2D eigenvalue weighted by atomic mass is 16.4. The molecule has 0 saturated carbocycles. The summed E-state index contributed by atoms with van der Waals surface area (Å²) in [5, 5.41) is 23.9. The van der Waals surface area contributed by atoms with E-state index in [1.54, 1.807) is 0 Å². The van der Waals surface area contributed by atoms with Gasteiger partial charge in [-0.25, -0.2) is 4.79 Å². The van der Waals surface area contributed by atoms with Gasteiger partial charge in [0, 0.05) is 13.1 Å². The van der Waals surface area contributed by atoms with Crippen molar-refractivity contribution in [2.24, 2.45) is 0 Å². The summed E-state index contributed by atoms with van der Waals surface area (Å²) in [6, 6.07) is 6.10. The minimum Gasteiger partial charge on any atom is -0.480 e. The van der Waals surface area contributed by atoms with Gasteiger partial charge >= 0.3 is 11.9 Å². The first-order valence-corrected chi connectivity index (χ1v) is 9.12. The van der Waals surface area contributed by atoms with Crippen LogP contribution in [-0.2, 0) is 25.7 Å². The molecular formula is C19H25N3O6. The first kappa shape index (κ1) is 21.4. The number of rotatable bonds is 9. The summed E-state index contributed by atoms with van der Waals surface area (Å²) in [7, 11) is 0. The van der Waals surface area contributed by atoms with Crippen molar-refractivity contribution in [3.63, 3.8) is 0 Å². The summed E-state index contributed by atoms with van der Waals surface area (Å²) in [6.07, 6.45) is 0.611. The Morgan fingerprint density at radius 1 is 1.18 bits per heavy atom. The van der Waals surface area contributed by atoms with E-state index >= 15 is 0 Å². The van der Waals surface area contributed by atoms with E-state index in [4.69, 9.17) is 0 Å². The molecule has 0 aliphatic carbocycles. The highest BCUT2D eigenvalue weighted by molar-refractivity contribution is 5.89. The monoisotopic (exact) mass is 391 g/mol. The third-order valence-corrected chi connectivity index (χ3v) is 4.66. The highest BCUT2D eigenvalue weighted by Gasteiger charge is 2.37. The van der Waals surface area contributed by atoms with Gasteiger partial charge in [0.05, 0.1) is 12.5 Å². The quantitative estimate of drug-likeness (QED) is 0.472. The Morgan fingerprint density at radius 2 is 1.86 bits per heavy atom. The van der Waals surface area contributed by atoms with E-state index in [1.807, 2.05) is 30.3 Å². The van der Waals surface area contributed by atoms with Crippen LogP contribution in [0.15, 0.2) is 30.3 Å². The Hall–Kier alpha value is -2.94. The van der Waals surface area contributed by atoms with Crippen LogP contribution in [0.25, 0.3) is 0 Å². The van der Waals surface area contributed by atoms with Crippen molar-refractivity contribution in [1.82, 2.24) is 15.5 Å². The number of aliphatic carboxylic acids is 2. The largest absolute Gasteiger partial charge is 0.480 e. The van der Waals surface area contributed by atoms with E-state index in [1.165, 1.54) is 11.8 Å². The van der Waals surface area contributed by atoms with E-state index in [9.17, 15) is 29.4 Å².